The van der Waals surface area contributed by atoms with Crippen molar-refractivity contribution < 1.29 is 18.6 Å². The third kappa shape index (κ3) is 5.07. The van der Waals surface area contributed by atoms with Crippen LogP contribution >= 0.6 is 7.14 Å². The average Bonchev–Trinajstić information content (AvgIpc) is 3.24. The van der Waals surface area contributed by atoms with Gasteiger partial charge in [0.1, 0.15) is 0 Å². The van der Waals surface area contributed by atoms with E-state index in [2.05, 4.69) is 116 Å². The molecule has 0 aromatic heterocycles. The van der Waals surface area contributed by atoms with Gasteiger partial charge in [0.25, 0.3) is 0 Å². The molecular formula is C31H39B3O4P+. The van der Waals surface area contributed by atoms with Crippen molar-refractivity contribution in [3.05, 3.63) is 84.4 Å². The van der Waals surface area contributed by atoms with Crippen molar-refractivity contribution in [2.75, 3.05) is 0 Å². The minimum atomic E-state index is -2.38. The lowest BCUT2D eigenvalue weighted by Crippen LogP contribution is -2.46. The molecule has 4 nitrogen and oxygen atoms in total. The third-order valence-electron chi connectivity index (χ3n) is 9.10. The van der Waals surface area contributed by atoms with Crippen LogP contribution in [0.3, 0.4) is 0 Å². The zero-order valence-corrected chi connectivity index (χ0v) is 25.4. The molecule has 2 aliphatic rings. The lowest BCUT2D eigenvalue weighted by atomic mass is 9.68. The quantitative estimate of drug-likeness (QED) is 0.341. The summed E-state index contributed by atoms with van der Waals surface area (Å²) in [5.74, 6) is 0. The van der Waals surface area contributed by atoms with Crippen molar-refractivity contribution in [2.45, 2.75) is 84.0 Å². The van der Waals surface area contributed by atoms with Crippen molar-refractivity contribution in [1.82, 2.24) is 0 Å². The fourth-order valence-electron chi connectivity index (χ4n) is 5.16. The van der Waals surface area contributed by atoms with Crippen LogP contribution < -0.4 is 21.5 Å². The maximum Gasteiger partial charge on any atom is 0.495 e. The van der Waals surface area contributed by atoms with Gasteiger partial charge in [0, 0.05) is 7.14 Å². The molecule has 0 N–H and O–H groups in total. The van der Waals surface area contributed by atoms with Gasteiger partial charge in [0.2, 0.25) is 0 Å². The van der Waals surface area contributed by atoms with E-state index in [4.69, 9.17) is 26.2 Å². The molecule has 8 heteroatoms. The van der Waals surface area contributed by atoms with E-state index in [0.717, 1.165) is 27.1 Å². The first-order valence-electron chi connectivity index (χ1n) is 13.8. The molecule has 5 rings (SSSR count). The maximum absolute atomic E-state index is 7.57. The van der Waals surface area contributed by atoms with E-state index >= 15 is 0 Å². The molecule has 0 unspecified atom stereocenters. The van der Waals surface area contributed by atoms with Crippen LogP contribution in [0.4, 0.5) is 0 Å². The minimum Gasteiger partial charge on any atom is -0.399 e. The van der Waals surface area contributed by atoms with Crippen LogP contribution in [0.1, 0.15) is 61.0 Å². The summed E-state index contributed by atoms with van der Waals surface area (Å²) >= 11 is 0. The predicted molar refractivity (Wildman–Crippen MR) is 166 cm³/mol. The lowest BCUT2D eigenvalue weighted by molar-refractivity contribution is 0.00578. The molecule has 2 heterocycles. The highest BCUT2D eigenvalue weighted by Crippen LogP contribution is 2.54. The van der Waals surface area contributed by atoms with E-state index in [1.807, 2.05) is 18.2 Å². The fraction of sp³-hybridized carbons (Fsp3) is 0.419. The molecule has 0 saturated carbocycles. The third-order valence-corrected chi connectivity index (χ3v) is 12.4. The van der Waals surface area contributed by atoms with Gasteiger partial charge in [-0.2, -0.15) is 0 Å². The molecule has 2 saturated heterocycles. The van der Waals surface area contributed by atoms with Crippen LogP contribution in [0.25, 0.3) is 0 Å². The molecule has 2 aliphatic heterocycles. The zero-order valence-electron chi connectivity index (χ0n) is 24.5. The molecule has 39 heavy (non-hydrogen) atoms. The first-order chi connectivity index (χ1) is 18.2. The number of hydrogen-bond donors (Lipinski definition) is 0. The molecular weight excluding hydrogens is 500 g/mol. The van der Waals surface area contributed by atoms with Crippen molar-refractivity contribution in [1.29, 1.82) is 0 Å². The topological polar surface area (TPSA) is 36.9 Å². The molecule has 3 aromatic carbocycles. The summed E-state index contributed by atoms with van der Waals surface area (Å²) in [5.41, 5.74) is 1.14. The van der Waals surface area contributed by atoms with Crippen molar-refractivity contribution in [3.63, 3.8) is 0 Å². The Bertz CT molecular complexity index is 1200. The summed E-state index contributed by atoms with van der Waals surface area (Å²) < 4.78 is 26.3. The van der Waals surface area contributed by atoms with Gasteiger partial charge in [-0.1, -0.05) is 54.6 Å². The van der Waals surface area contributed by atoms with Crippen molar-refractivity contribution in [3.8, 4) is 0 Å². The Hall–Kier alpha value is -1.88. The largest absolute Gasteiger partial charge is 0.495 e. The Balaban J connectivity index is 1.69. The summed E-state index contributed by atoms with van der Waals surface area (Å²) in [6.07, 6.45) is 0.612. The van der Waals surface area contributed by atoms with Crippen molar-refractivity contribution in [2.24, 2.45) is 0 Å². The number of rotatable bonds is 6. The molecule has 200 valence electrons. The van der Waals surface area contributed by atoms with Gasteiger partial charge in [0.05, 0.1) is 39.2 Å². The van der Waals surface area contributed by atoms with Crippen LogP contribution in [0.5, 0.6) is 0 Å². The molecule has 2 fully saturated rings. The van der Waals surface area contributed by atoms with E-state index in [1.165, 1.54) is 0 Å². The summed E-state index contributed by atoms with van der Waals surface area (Å²) in [6.45, 7) is 16.7. The number of hydrogen-bond acceptors (Lipinski definition) is 4. The second kappa shape index (κ2) is 9.89. The molecule has 0 aliphatic carbocycles. The Morgan fingerprint density at radius 1 is 0.538 bits per heavy atom. The van der Waals surface area contributed by atoms with Crippen LogP contribution in [0, 0.1) is 0 Å². The second-order valence-corrected chi connectivity index (χ2v) is 15.9. The van der Waals surface area contributed by atoms with Crippen LogP contribution in [-0.4, -0.2) is 44.2 Å². The molecule has 0 atom stereocenters. The van der Waals surface area contributed by atoms with Gasteiger partial charge in [-0.25, -0.2) is 0 Å². The second-order valence-electron chi connectivity index (χ2n) is 12.8. The highest BCUT2D eigenvalue weighted by Gasteiger charge is 2.55. The summed E-state index contributed by atoms with van der Waals surface area (Å²) in [7, 11) is 4.12. The SMILES string of the molecule is [B][P+](Cc1c(B2OC(C)(C)C(C)(C)O2)cccc1B1OC(C)(C)C(C)(C)O1)(c1ccccc1)c1ccccc1. The van der Waals surface area contributed by atoms with Gasteiger partial charge in [-0.05, 0) is 96.1 Å². The minimum absolute atomic E-state index is 0.469. The van der Waals surface area contributed by atoms with Gasteiger partial charge >= 0.3 is 21.8 Å². The first kappa shape index (κ1) is 28.6. The average molecular weight is 539 g/mol. The smallest absolute Gasteiger partial charge is 0.399 e. The standard InChI is InChI=1S/C31H39B3O4P/c1-28(2)29(3,4)36-33(35-28)26-20-15-21-27(34-37-30(5,6)31(7,8)38-34)25(26)22-39(32,23-16-11-9-12-17-23)24-18-13-10-14-19-24/h9-21H,22H2,1-8H3/q+1. The maximum atomic E-state index is 7.57. The van der Waals surface area contributed by atoms with Gasteiger partial charge in [-0.3, -0.25) is 0 Å². The Kier molecular flexibility index (Phi) is 7.27. The molecule has 2 radical (unpaired) electrons. The molecule has 3 aromatic rings. The molecule has 0 spiro atoms. The van der Waals surface area contributed by atoms with Crippen LogP contribution in [0.2, 0.25) is 0 Å². The molecule has 0 amide bonds. The highest BCUT2D eigenvalue weighted by molar-refractivity contribution is 8.07. The number of benzene rings is 3. The van der Waals surface area contributed by atoms with E-state index in [0.29, 0.717) is 6.16 Å². The Morgan fingerprint density at radius 2 is 0.872 bits per heavy atom. The van der Waals surface area contributed by atoms with Crippen molar-refractivity contribution >= 4 is 50.5 Å². The monoisotopic (exact) mass is 539 g/mol. The Labute approximate surface area is 237 Å². The summed E-state index contributed by atoms with van der Waals surface area (Å²) in [6, 6.07) is 27.2. The van der Waals surface area contributed by atoms with E-state index in [9.17, 15) is 0 Å². The van der Waals surface area contributed by atoms with Crippen LogP contribution in [-0.2, 0) is 24.8 Å². The zero-order chi connectivity index (χ0) is 28.3. The van der Waals surface area contributed by atoms with Gasteiger partial charge in [0.15, 0.2) is 0 Å². The first-order valence-corrected chi connectivity index (χ1v) is 15.8. The van der Waals surface area contributed by atoms with E-state index < -0.39 is 43.8 Å². The van der Waals surface area contributed by atoms with Gasteiger partial charge < -0.3 is 18.6 Å². The highest BCUT2D eigenvalue weighted by atomic mass is 31.2. The normalized spacial score (nSPS) is 21.3. The fourth-order valence-corrected chi connectivity index (χ4v) is 8.09. The van der Waals surface area contributed by atoms with Gasteiger partial charge in [-0.15, -0.1) is 0 Å². The van der Waals surface area contributed by atoms with E-state index in [1.54, 1.807) is 0 Å². The van der Waals surface area contributed by atoms with E-state index in [-0.39, 0.29) is 0 Å². The van der Waals surface area contributed by atoms with Crippen LogP contribution in [0.15, 0.2) is 78.9 Å². The summed E-state index contributed by atoms with van der Waals surface area (Å²) in [5, 5.41) is 2.28. The summed E-state index contributed by atoms with van der Waals surface area (Å²) in [4.78, 5) is 0. The molecule has 0 bridgehead atoms. The predicted octanol–water partition coefficient (Wildman–Crippen LogP) is 4.54. The Morgan fingerprint density at radius 3 is 1.21 bits per heavy atom. The lowest BCUT2D eigenvalue weighted by Gasteiger charge is -2.32.